The highest BCUT2D eigenvalue weighted by molar-refractivity contribution is 7.71. The highest BCUT2D eigenvalue weighted by atomic mass is 32.1. The molecular weight excluding hydrogens is 440 g/mol. The molecule has 9 nitrogen and oxygen atoms in total. The second kappa shape index (κ2) is 9.42. The maximum absolute atomic E-state index is 9.88. The van der Waals surface area contributed by atoms with E-state index in [2.05, 4.69) is 31.5 Å². The number of nitrogens with one attached hydrogen (secondary N) is 3. The molecule has 0 spiro atoms. The van der Waals surface area contributed by atoms with Gasteiger partial charge in [0.25, 0.3) is 0 Å². The number of rotatable bonds is 7. The number of aromatic amines is 2. The molecule has 0 saturated carbocycles. The third-order valence-electron chi connectivity index (χ3n) is 4.97. The van der Waals surface area contributed by atoms with E-state index in [-0.39, 0.29) is 16.2 Å². The second-order valence-electron chi connectivity index (χ2n) is 6.83. The van der Waals surface area contributed by atoms with Crippen LogP contribution in [0.4, 0.5) is 5.82 Å². The molecule has 0 unspecified atom stereocenters. The highest BCUT2D eigenvalue weighted by Crippen LogP contribution is 2.38. The SMILES string of the molecule is COc1cc(/C=N/Nc2nc(=S)[nH]c(-c3c[nH]c4ccccc34)c2C#N)cc(OC)c1OC. The second-order valence-corrected chi connectivity index (χ2v) is 7.22. The van der Waals surface area contributed by atoms with Crippen molar-refractivity contribution in [3.05, 3.63) is 58.5 Å². The number of para-hydroxylation sites is 1. The summed E-state index contributed by atoms with van der Waals surface area (Å²) >= 11 is 5.30. The van der Waals surface area contributed by atoms with Gasteiger partial charge in [0, 0.05) is 28.2 Å². The van der Waals surface area contributed by atoms with Gasteiger partial charge >= 0.3 is 0 Å². The summed E-state index contributed by atoms with van der Waals surface area (Å²) in [7, 11) is 4.61. The molecule has 2 aromatic heterocycles. The fourth-order valence-corrected chi connectivity index (χ4v) is 3.68. The van der Waals surface area contributed by atoms with Gasteiger partial charge < -0.3 is 24.2 Å². The molecule has 0 aliphatic rings. The summed E-state index contributed by atoms with van der Waals surface area (Å²) in [5.41, 5.74) is 6.12. The lowest BCUT2D eigenvalue weighted by atomic mass is 10.1. The quantitative estimate of drug-likeness (QED) is 0.209. The molecule has 2 aromatic carbocycles. The molecule has 3 N–H and O–H groups in total. The monoisotopic (exact) mass is 460 g/mol. The summed E-state index contributed by atoms with van der Waals surface area (Å²) in [6, 6.07) is 13.5. The predicted molar refractivity (Wildman–Crippen MR) is 129 cm³/mol. The largest absolute Gasteiger partial charge is 0.493 e. The Morgan fingerprint density at radius 2 is 1.85 bits per heavy atom. The molecule has 0 saturated heterocycles. The maximum atomic E-state index is 9.88. The lowest BCUT2D eigenvalue weighted by molar-refractivity contribution is 0.324. The zero-order valence-corrected chi connectivity index (χ0v) is 18.9. The molecule has 10 heteroatoms. The van der Waals surface area contributed by atoms with Crippen LogP contribution in [0.15, 0.2) is 47.7 Å². The Balaban J connectivity index is 1.71. The van der Waals surface area contributed by atoms with E-state index >= 15 is 0 Å². The van der Waals surface area contributed by atoms with E-state index in [0.29, 0.717) is 28.5 Å². The van der Waals surface area contributed by atoms with Crippen LogP contribution in [-0.4, -0.2) is 42.5 Å². The average molecular weight is 461 g/mol. The topological polar surface area (TPSA) is 120 Å². The fraction of sp³-hybridized carbons (Fsp3) is 0.130. The molecule has 0 atom stereocenters. The van der Waals surface area contributed by atoms with Gasteiger partial charge in [0.05, 0.1) is 33.2 Å². The number of fused-ring (bicyclic) bond motifs is 1. The van der Waals surface area contributed by atoms with Crippen molar-refractivity contribution < 1.29 is 14.2 Å². The molecule has 0 fully saturated rings. The minimum atomic E-state index is 0.222. The minimum Gasteiger partial charge on any atom is -0.493 e. The Kier molecular flexibility index (Phi) is 6.24. The van der Waals surface area contributed by atoms with Crippen LogP contribution in [0.3, 0.4) is 0 Å². The van der Waals surface area contributed by atoms with Gasteiger partial charge in [0.1, 0.15) is 11.6 Å². The Labute approximate surface area is 194 Å². The first-order valence-corrected chi connectivity index (χ1v) is 10.2. The molecule has 0 radical (unpaired) electrons. The number of hydrogen-bond donors (Lipinski definition) is 3. The molecular formula is C23H20N6O3S. The normalized spacial score (nSPS) is 10.8. The van der Waals surface area contributed by atoms with Gasteiger partial charge in [0.15, 0.2) is 22.1 Å². The summed E-state index contributed by atoms with van der Waals surface area (Å²) in [6.07, 6.45) is 3.38. The van der Waals surface area contributed by atoms with Crippen LogP contribution in [0.5, 0.6) is 17.2 Å². The summed E-state index contributed by atoms with van der Waals surface area (Å²) in [5.74, 6) is 1.72. The summed E-state index contributed by atoms with van der Waals surface area (Å²) in [5, 5.41) is 15.1. The first kappa shape index (κ1) is 21.9. The van der Waals surface area contributed by atoms with Gasteiger partial charge in [0.2, 0.25) is 5.75 Å². The number of benzene rings is 2. The Bertz CT molecular complexity index is 1430. The number of anilines is 1. The Morgan fingerprint density at radius 3 is 2.52 bits per heavy atom. The first-order chi connectivity index (χ1) is 16.1. The molecule has 4 rings (SSSR count). The van der Waals surface area contributed by atoms with Crippen LogP contribution in [0.25, 0.3) is 22.2 Å². The van der Waals surface area contributed by atoms with Crippen LogP contribution < -0.4 is 19.6 Å². The Morgan fingerprint density at radius 1 is 1.12 bits per heavy atom. The summed E-state index contributed by atoms with van der Waals surface area (Å²) < 4.78 is 16.3. The predicted octanol–water partition coefficient (Wildman–Crippen LogP) is 4.63. The zero-order valence-electron chi connectivity index (χ0n) is 18.1. The lowest BCUT2D eigenvalue weighted by Gasteiger charge is -2.12. The number of nitrogens with zero attached hydrogens (tertiary/aromatic N) is 3. The van der Waals surface area contributed by atoms with Crippen LogP contribution in [0, 0.1) is 16.1 Å². The Hall–Kier alpha value is -4.36. The van der Waals surface area contributed by atoms with Crippen molar-refractivity contribution in [3.8, 4) is 34.6 Å². The average Bonchev–Trinajstić information content (AvgIpc) is 3.27. The summed E-state index contributed by atoms with van der Waals surface area (Å²) in [4.78, 5) is 10.5. The van der Waals surface area contributed by atoms with Crippen molar-refractivity contribution in [3.63, 3.8) is 0 Å². The number of methoxy groups -OCH3 is 3. The smallest absolute Gasteiger partial charge is 0.203 e. The van der Waals surface area contributed by atoms with Crippen molar-refractivity contribution in [2.24, 2.45) is 5.10 Å². The third-order valence-corrected chi connectivity index (χ3v) is 5.17. The molecule has 4 aromatic rings. The van der Waals surface area contributed by atoms with Gasteiger partial charge in [-0.05, 0) is 30.4 Å². The number of ether oxygens (including phenoxy) is 3. The van der Waals surface area contributed by atoms with Gasteiger partial charge in [-0.1, -0.05) is 18.2 Å². The molecule has 0 aliphatic heterocycles. The van der Waals surface area contributed by atoms with Crippen molar-refractivity contribution in [2.45, 2.75) is 0 Å². The van der Waals surface area contributed by atoms with Crippen LogP contribution in [0.1, 0.15) is 11.1 Å². The molecule has 0 aliphatic carbocycles. The first-order valence-electron chi connectivity index (χ1n) is 9.79. The van der Waals surface area contributed by atoms with Crippen LogP contribution >= 0.6 is 12.2 Å². The van der Waals surface area contributed by atoms with E-state index in [9.17, 15) is 5.26 Å². The molecule has 33 heavy (non-hydrogen) atoms. The fourth-order valence-electron chi connectivity index (χ4n) is 3.49. The van der Waals surface area contributed by atoms with Gasteiger partial charge in [-0.25, -0.2) is 0 Å². The highest BCUT2D eigenvalue weighted by Gasteiger charge is 2.16. The number of hydrogen-bond acceptors (Lipinski definition) is 8. The van der Waals surface area contributed by atoms with Crippen LogP contribution in [0.2, 0.25) is 0 Å². The van der Waals surface area contributed by atoms with Crippen molar-refractivity contribution in [2.75, 3.05) is 26.8 Å². The van der Waals surface area contributed by atoms with Gasteiger partial charge in [-0.2, -0.15) is 15.3 Å². The minimum absolute atomic E-state index is 0.222. The third kappa shape index (κ3) is 4.22. The van der Waals surface area contributed by atoms with Crippen molar-refractivity contribution in [1.82, 2.24) is 15.0 Å². The number of aromatic nitrogens is 3. The van der Waals surface area contributed by atoms with Crippen LogP contribution in [-0.2, 0) is 0 Å². The molecule has 0 bridgehead atoms. The molecule has 0 amide bonds. The van der Waals surface area contributed by atoms with Gasteiger partial charge in [-0.15, -0.1) is 0 Å². The molecule has 166 valence electrons. The number of nitriles is 1. The van der Waals surface area contributed by atoms with E-state index in [1.807, 2.05) is 30.5 Å². The summed E-state index contributed by atoms with van der Waals surface area (Å²) in [6.45, 7) is 0. The zero-order chi connectivity index (χ0) is 23.4. The van der Waals surface area contributed by atoms with E-state index in [0.717, 1.165) is 16.5 Å². The van der Waals surface area contributed by atoms with Crippen molar-refractivity contribution in [1.29, 1.82) is 5.26 Å². The van der Waals surface area contributed by atoms with Crippen molar-refractivity contribution >= 4 is 35.2 Å². The molecule has 2 heterocycles. The number of hydrazone groups is 1. The van der Waals surface area contributed by atoms with Gasteiger partial charge in [-0.3, -0.25) is 5.43 Å². The standard InChI is InChI=1S/C23H20N6O3S/c1-30-18-8-13(9-19(31-2)21(18)32-3)11-26-29-22-15(10-24)20(27-23(33)28-22)16-12-25-17-7-5-4-6-14(16)17/h4-9,11-12,25H,1-3H3,(H2,27,28,29,33)/b26-11+. The van der Waals surface area contributed by atoms with E-state index in [1.54, 1.807) is 18.3 Å². The van der Waals surface area contributed by atoms with E-state index in [1.165, 1.54) is 21.3 Å². The van der Waals surface area contributed by atoms with E-state index in [4.69, 9.17) is 26.4 Å². The number of H-pyrrole nitrogens is 2. The van der Waals surface area contributed by atoms with E-state index < -0.39 is 0 Å². The maximum Gasteiger partial charge on any atom is 0.203 e. The lowest BCUT2D eigenvalue weighted by Crippen LogP contribution is -2.02.